The summed E-state index contributed by atoms with van der Waals surface area (Å²) < 4.78 is 0. The van der Waals surface area contributed by atoms with E-state index in [0.717, 1.165) is 32.1 Å². The molecule has 2 atom stereocenters. The van der Waals surface area contributed by atoms with Gasteiger partial charge in [-0.2, -0.15) is 0 Å². The molecule has 1 saturated heterocycles. The summed E-state index contributed by atoms with van der Waals surface area (Å²) in [4.78, 5) is 9.49. The van der Waals surface area contributed by atoms with Gasteiger partial charge in [0.1, 0.15) is 0 Å². The lowest BCUT2D eigenvalue weighted by Crippen LogP contribution is -2.50. The van der Waals surface area contributed by atoms with Crippen molar-refractivity contribution < 1.29 is 0 Å². The quantitative estimate of drug-likeness (QED) is 0.294. The van der Waals surface area contributed by atoms with Crippen LogP contribution in [-0.2, 0) is 0 Å². The number of nitrogens with one attached hydrogen (secondary N) is 2. The standard InChI is InChI=1S/C19H41N5.HI/c1-6-23(7-2)14-11-12-17(4)22-19(20-5)21-16-18-13-9-10-15-24(18)8-3;/h17-18H,6-16H2,1-5H3,(H2,20,21,22);1H. The Balaban J connectivity index is 0.00000576. The fourth-order valence-corrected chi connectivity index (χ4v) is 3.58. The van der Waals surface area contributed by atoms with Crippen LogP contribution in [0.4, 0.5) is 0 Å². The lowest BCUT2D eigenvalue weighted by atomic mass is 10.0. The van der Waals surface area contributed by atoms with Crippen molar-refractivity contribution in [2.45, 2.75) is 71.9 Å². The maximum atomic E-state index is 4.40. The van der Waals surface area contributed by atoms with Crippen LogP contribution in [0, 0.1) is 0 Å². The Hall–Kier alpha value is -0.0800. The van der Waals surface area contributed by atoms with Crippen molar-refractivity contribution in [1.82, 2.24) is 20.4 Å². The second-order valence-corrected chi connectivity index (χ2v) is 6.95. The summed E-state index contributed by atoms with van der Waals surface area (Å²) in [6, 6.07) is 1.11. The Morgan fingerprint density at radius 1 is 1.24 bits per heavy atom. The highest BCUT2D eigenvalue weighted by Gasteiger charge is 2.21. The number of halogens is 1. The largest absolute Gasteiger partial charge is 0.355 e. The lowest BCUT2D eigenvalue weighted by Gasteiger charge is -2.35. The van der Waals surface area contributed by atoms with Crippen molar-refractivity contribution in [1.29, 1.82) is 0 Å². The van der Waals surface area contributed by atoms with Gasteiger partial charge in [0.2, 0.25) is 0 Å². The van der Waals surface area contributed by atoms with E-state index in [2.05, 4.69) is 53.1 Å². The number of guanidine groups is 1. The minimum Gasteiger partial charge on any atom is -0.355 e. The summed E-state index contributed by atoms with van der Waals surface area (Å²) in [5.41, 5.74) is 0. The highest BCUT2D eigenvalue weighted by Crippen LogP contribution is 2.15. The van der Waals surface area contributed by atoms with Crippen molar-refractivity contribution in [2.75, 3.05) is 46.3 Å². The highest BCUT2D eigenvalue weighted by molar-refractivity contribution is 14.0. The Kier molecular flexibility index (Phi) is 15.0. The predicted molar refractivity (Wildman–Crippen MR) is 121 cm³/mol. The molecule has 2 unspecified atom stereocenters. The number of aliphatic imine (C=N–C) groups is 1. The fraction of sp³-hybridized carbons (Fsp3) is 0.947. The molecule has 0 aromatic carbocycles. The highest BCUT2D eigenvalue weighted by atomic mass is 127. The van der Waals surface area contributed by atoms with E-state index in [1.807, 2.05) is 7.05 Å². The minimum atomic E-state index is 0. The number of hydrogen-bond donors (Lipinski definition) is 2. The van der Waals surface area contributed by atoms with Crippen LogP contribution in [0.2, 0.25) is 0 Å². The fourth-order valence-electron chi connectivity index (χ4n) is 3.58. The molecule has 25 heavy (non-hydrogen) atoms. The van der Waals surface area contributed by atoms with E-state index in [1.54, 1.807) is 0 Å². The second-order valence-electron chi connectivity index (χ2n) is 6.95. The van der Waals surface area contributed by atoms with E-state index in [4.69, 9.17) is 0 Å². The van der Waals surface area contributed by atoms with Crippen molar-refractivity contribution in [3.63, 3.8) is 0 Å². The number of rotatable bonds is 10. The summed E-state index contributed by atoms with van der Waals surface area (Å²) in [5, 5.41) is 7.09. The summed E-state index contributed by atoms with van der Waals surface area (Å²) in [6.45, 7) is 15.9. The first-order chi connectivity index (χ1) is 11.6. The Morgan fingerprint density at radius 2 is 1.96 bits per heavy atom. The van der Waals surface area contributed by atoms with Gasteiger partial charge < -0.3 is 15.5 Å². The van der Waals surface area contributed by atoms with Gasteiger partial charge in [0.05, 0.1) is 0 Å². The molecule has 0 aromatic heterocycles. The molecule has 2 N–H and O–H groups in total. The first-order valence-electron chi connectivity index (χ1n) is 10.1. The van der Waals surface area contributed by atoms with Gasteiger partial charge in [-0.3, -0.25) is 9.89 Å². The van der Waals surface area contributed by atoms with Gasteiger partial charge in [0.15, 0.2) is 5.96 Å². The van der Waals surface area contributed by atoms with Crippen molar-refractivity contribution >= 4 is 29.9 Å². The van der Waals surface area contributed by atoms with Gasteiger partial charge >= 0.3 is 0 Å². The number of likely N-dealkylation sites (tertiary alicyclic amines) is 1. The molecule has 150 valence electrons. The zero-order valence-corrected chi connectivity index (χ0v) is 19.5. The van der Waals surface area contributed by atoms with Crippen LogP contribution in [0.5, 0.6) is 0 Å². The SMILES string of the molecule is CCN(CC)CCCC(C)NC(=NC)NCC1CCCCN1CC.I. The molecule has 1 fully saturated rings. The monoisotopic (exact) mass is 467 g/mol. The minimum absolute atomic E-state index is 0. The topological polar surface area (TPSA) is 42.9 Å². The van der Waals surface area contributed by atoms with Gasteiger partial charge in [0.25, 0.3) is 0 Å². The van der Waals surface area contributed by atoms with Crippen LogP contribution < -0.4 is 10.6 Å². The maximum Gasteiger partial charge on any atom is 0.191 e. The summed E-state index contributed by atoms with van der Waals surface area (Å²) >= 11 is 0. The van der Waals surface area contributed by atoms with Crippen LogP contribution in [0.25, 0.3) is 0 Å². The normalized spacial score (nSPS) is 20.2. The van der Waals surface area contributed by atoms with Crippen molar-refractivity contribution in [3.8, 4) is 0 Å². The molecule has 1 aliphatic heterocycles. The average Bonchev–Trinajstić information content (AvgIpc) is 2.62. The third-order valence-corrected chi connectivity index (χ3v) is 5.27. The first-order valence-corrected chi connectivity index (χ1v) is 10.1. The van der Waals surface area contributed by atoms with E-state index in [0.29, 0.717) is 12.1 Å². The number of nitrogens with zero attached hydrogens (tertiary/aromatic N) is 3. The molecule has 1 heterocycles. The second kappa shape index (κ2) is 15.0. The summed E-state index contributed by atoms with van der Waals surface area (Å²) in [7, 11) is 1.87. The third-order valence-electron chi connectivity index (χ3n) is 5.27. The summed E-state index contributed by atoms with van der Waals surface area (Å²) in [5.74, 6) is 0.951. The molecule has 0 amide bonds. The van der Waals surface area contributed by atoms with Crippen LogP contribution >= 0.6 is 24.0 Å². The molecule has 0 aromatic rings. The van der Waals surface area contributed by atoms with Crippen LogP contribution in [0.1, 0.15) is 59.8 Å². The van der Waals surface area contributed by atoms with E-state index < -0.39 is 0 Å². The molecule has 0 spiro atoms. The van der Waals surface area contributed by atoms with Crippen LogP contribution in [-0.4, -0.2) is 74.2 Å². The predicted octanol–water partition coefficient (Wildman–Crippen LogP) is 3.15. The Morgan fingerprint density at radius 3 is 2.56 bits per heavy atom. The molecule has 1 rings (SSSR count). The van der Waals surface area contributed by atoms with E-state index >= 15 is 0 Å². The van der Waals surface area contributed by atoms with E-state index in [1.165, 1.54) is 45.2 Å². The van der Waals surface area contributed by atoms with Gasteiger partial charge in [-0.05, 0) is 65.3 Å². The third kappa shape index (κ3) is 9.99. The number of piperidine rings is 1. The first kappa shape index (κ1) is 24.9. The average molecular weight is 467 g/mol. The van der Waals surface area contributed by atoms with E-state index in [-0.39, 0.29) is 24.0 Å². The maximum absolute atomic E-state index is 4.40. The van der Waals surface area contributed by atoms with Crippen LogP contribution in [0.15, 0.2) is 4.99 Å². The van der Waals surface area contributed by atoms with Crippen LogP contribution in [0.3, 0.4) is 0 Å². The molecule has 0 radical (unpaired) electrons. The lowest BCUT2D eigenvalue weighted by molar-refractivity contribution is 0.157. The molecule has 5 nitrogen and oxygen atoms in total. The van der Waals surface area contributed by atoms with Gasteiger partial charge in [-0.15, -0.1) is 24.0 Å². The number of likely N-dealkylation sites (N-methyl/N-ethyl adjacent to an activating group) is 1. The molecule has 1 aliphatic rings. The summed E-state index contributed by atoms with van der Waals surface area (Å²) in [6.07, 6.45) is 6.43. The molecular formula is C19H42IN5. The van der Waals surface area contributed by atoms with Gasteiger partial charge in [-0.1, -0.05) is 27.2 Å². The molecule has 0 bridgehead atoms. The zero-order valence-electron chi connectivity index (χ0n) is 17.2. The molecule has 0 saturated carbocycles. The van der Waals surface area contributed by atoms with Gasteiger partial charge in [0, 0.05) is 25.7 Å². The smallest absolute Gasteiger partial charge is 0.191 e. The number of hydrogen-bond acceptors (Lipinski definition) is 3. The van der Waals surface area contributed by atoms with Gasteiger partial charge in [-0.25, -0.2) is 0 Å². The molecule has 6 heteroatoms. The zero-order chi connectivity index (χ0) is 17.8. The Bertz CT molecular complexity index is 347. The molecular weight excluding hydrogens is 425 g/mol. The van der Waals surface area contributed by atoms with E-state index in [9.17, 15) is 0 Å². The van der Waals surface area contributed by atoms with Crippen molar-refractivity contribution in [2.24, 2.45) is 4.99 Å². The van der Waals surface area contributed by atoms with Crippen molar-refractivity contribution in [3.05, 3.63) is 0 Å². The molecule has 0 aliphatic carbocycles. The Labute approximate surface area is 173 Å².